The number of nitrogens with zero attached hydrogens (tertiary/aromatic N) is 2. The molecule has 2 amide bonds. The van der Waals surface area contributed by atoms with E-state index in [-0.39, 0.29) is 36.6 Å². The van der Waals surface area contributed by atoms with Crippen LogP contribution in [0.5, 0.6) is 0 Å². The van der Waals surface area contributed by atoms with E-state index in [9.17, 15) is 18.0 Å². The predicted molar refractivity (Wildman–Crippen MR) is 126 cm³/mol. The van der Waals surface area contributed by atoms with Gasteiger partial charge in [0.15, 0.2) is 6.29 Å². The van der Waals surface area contributed by atoms with Crippen LogP contribution in [0.4, 0.5) is 0 Å². The van der Waals surface area contributed by atoms with E-state index in [2.05, 4.69) is 5.48 Å². The van der Waals surface area contributed by atoms with E-state index in [4.69, 9.17) is 9.57 Å². The maximum Gasteiger partial charge on any atom is 0.268 e. The van der Waals surface area contributed by atoms with Crippen molar-refractivity contribution in [2.45, 2.75) is 97.8 Å². The van der Waals surface area contributed by atoms with Crippen molar-refractivity contribution in [3.05, 3.63) is 0 Å². The second-order valence-electron chi connectivity index (χ2n) is 10.2. The third kappa shape index (κ3) is 8.81. The SMILES string of the molecule is CC(C)CCC(=O)N([C@@H](C(=O)NO[C@H]1CCCCO1)C1CCCC1)N(CC(C)C)S(C)(=O)=O. The third-order valence-electron chi connectivity index (χ3n) is 6.14. The number of ether oxygens (including phenoxy) is 1. The van der Waals surface area contributed by atoms with E-state index in [0.29, 0.717) is 19.4 Å². The van der Waals surface area contributed by atoms with Gasteiger partial charge in [0.05, 0.1) is 6.26 Å². The summed E-state index contributed by atoms with van der Waals surface area (Å²) in [6.45, 7) is 8.50. The predicted octanol–water partition coefficient (Wildman–Crippen LogP) is 3.22. The van der Waals surface area contributed by atoms with Crippen molar-refractivity contribution >= 4 is 21.8 Å². The van der Waals surface area contributed by atoms with Gasteiger partial charge < -0.3 is 4.74 Å². The minimum atomic E-state index is -3.79. The molecule has 0 bridgehead atoms. The van der Waals surface area contributed by atoms with Crippen LogP contribution in [0, 0.1) is 17.8 Å². The second kappa shape index (κ2) is 13.0. The van der Waals surface area contributed by atoms with Crippen molar-refractivity contribution in [1.29, 1.82) is 0 Å². The largest absolute Gasteiger partial charge is 0.350 e. The lowest BCUT2D eigenvalue weighted by atomic mass is 9.96. The summed E-state index contributed by atoms with van der Waals surface area (Å²) in [5.41, 5.74) is 2.51. The molecule has 1 aliphatic heterocycles. The fourth-order valence-corrected chi connectivity index (χ4v) is 5.51. The fourth-order valence-electron chi connectivity index (χ4n) is 4.43. The molecule has 1 saturated carbocycles. The topological polar surface area (TPSA) is 105 Å². The molecule has 0 spiro atoms. The summed E-state index contributed by atoms with van der Waals surface area (Å²) in [7, 11) is -3.79. The van der Waals surface area contributed by atoms with Gasteiger partial charge in [-0.1, -0.05) is 40.5 Å². The Balaban J connectivity index is 2.37. The minimum absolute atomic E-state index is 0.0284. The van der Waals surface area contributed by atoms with E-state index >= 15 is 0 Å². The van der Waals surface area contributed by atoms with Crippen LogP contribution in [0.15, 0.2) is 0 Å². The lowest BCUT2D eigenvalue weighted by molar-refractivity contribution is -0.205. The van der Waals surface area contributed by atoms with Crippen molar-refractivity contribution in [3.63, 3.8) is 0 Å². The van der Waals surface area contributed by atoms with Crippen LogP contribution in [-0.4, -0.2) is 61.4 Å². The molecule has 1 heterocycles. The first kappa shape index (κ1) is 28.0. The summed E-state index contributed by atoms with van der Waals surface area (Å²) in [6.07, 6.45) is 7.32. The molecule has 0 aromatic rings. The number of hydrogen-bond acceptors (Lipinski definition) is 6. The minimum Gasteiger partial charge on any atom is -0.350 e. The summed E-state index contributed by atoms with van der Waals surface area (Å²) in [5, 5.41) is 1.23. The van der Waals surface area contributed by atoms with Gasteiger partial charge in [0.2, 0.25) is 15.9 Å². The van der Waals surface area contributed by atoms with E-state index in [1.165, 1.54) is 5.01 Å². The highest BCUT2D eigenvalue weighted by Crippen LogP contribution is 2.33. The molecule has 0 aromatic carbocycles. The Morgan fingerprint density at radius 2 is 1.67 bits per heavy atom. The Bertz CT molecular complexity index is 730. The summed E-state index contributed by atoms with van der Waals surface area (Å²) < 4.78 is 32.3. The van der Waals surface area contributed by atoms with Crippen LogP contribution in [0.3, 0.4) is 0 Å². The first-order valence-electron chi connectivity index (χ1n) is 12.4. The zero-order valence-electron chi connectivity index (χ0n) is 20.9. The molecule has 2 atom stereocenters. The van der Waals surface area contributed by atoms with E-state index in [1.54, 1.807) is 0 Å². The van der Waals surface area contributed by atoms with Crippen LogP contribution in [0.1, 0.15) is 85.5 Å². The summed E-state index contributed by atoms with van der Waals surface area (Å²) in [5.74, 6) is -0.736. The van der Waals surface area contributed by atoms with Crippen molar-refractivity contribution in [2.24, 2.45) is 17.8 Å². The van der Waals surface area contributed by atoms with Crippen molar-refractivity contribution in [3.8, 4) is 0 Å². The Hall–Kier alpha value is -1.23. The summed E-state index contributed by atoms with van der Waals surface area (Å²) >= 11 is 0. The quantitative estimate of drug-likeness (QED) is 0.422. The van der Waals surface area contributed by atoms with Gasteiger partial charge in [0, 0.05) is 26.0 Å². The number of hydroxylamine groups is 1. The van der Waals surface area contributed by atoms with Crippen LogP contribution in [0.25, 0.3) is 0 Å². The lowest BCUT2D eigenvalue weighted by Gasteiger charge is -2.41. The molecule has 9 nitrogen and oxygen atoms in total. The molecular weight excluding hydrogens is 446 g/mol. The zero-order valence-corrected chi connectivity index (χ0v) is 21.7. The van der Waals surface area contributed by atoms with Crippen LogP contribution in [0.2, 0.25) is 0 Å². The third-order valence-corrected chi connectivity index (χ3v) is 7.23. The first-order chi connectivity index (χ1) is 15.5. The van der Waals surface area contributed by atoms with Gasteiger partial charge in [-0.05, 0) is 49.9 Å². The molecule has 1 N–H and O–H groups in total. The molecule has 0 aromatic heterocycles. The molecule has 0 unspecified atom stereocenters. The number of sulfonamides is 1. The fraction of sp³-hybridized carbons (Fsp3) is 0.913. The Morgan fingerprint density at radius 3 is 2.18 bits per heavy atom. The van der Waals surface area contributed by atoms with Crippen molar-refractivity contribution in [2.75, 3.05) is 19.4 Å². The van der Waals surface area contributed by atoms with E-state index in [0.717, 1.165) is 49.2 Å². The highest BCUT2D eigenvalue weighted by atomic mass is 32.2. The number of rotatable bonds is 12. The molecule has 1 saturated heterocycles. The zero-order chi connectivity index (χ0) is 24.6. The highest BCUT2D eigenvalue weighted by molar-refractivity contribution is 7.88. The maximum absolute atomic E-state index is 13.5. The summed E-state index contributed by atoms with van der Waals surface area (Å²) in [6, 6.07) is -0.954. The molecule has 10 heteroatoms. The van der Waals surface area contributed by atoms with Crippen molar-refractivity contribution in [1.82, 2.24) is 14.9 Å². The normalized spacial score (nSPS) is 21.0. The highest BCUT2D eigenvalue weighted by Gasteiger charge is 2.43. The molecule has 33 heavy (non-hydrogen) atoms. The maximum atomic E-state index is 13.5. The Kier molecular flexibility index (Phi) is 11.0. The number of carbonyl (C=O) groups is 2. The standard InChI is InChI=1S/C23H43N3O6S/c1-17(2)13-14-20(27)26(25(16-18(3)4)33(5,29)30)22(19-10-6-7-11-19)23(28)24-32-21-12-8-9-15-31-21/h17-19,21-22H,6-16H2,1-5H3,(H,24,28)/t21-,22+/m0/s1. The van der Waals surface area contributed by atoms with Crippen molar-refractivity contribution < 1.29 is 27.6 Å². The van der Waals surface area contributed by atoms with Crippen LogP contribution < -0.4 is 5.48 Å². The molecule has 2 rings (SSSR count). The average Bonchev–Trinajstić information content (AvgIpc) is 3.26. The van der Waals surface area contributed by atoms with Crippen LogP contribution in [-0.2, 0) is 29.2 Å². The van der Waals surface area contributed by atoms with E-state index in [1.807, 2.05) is 27.7 Å². The Morgan fingerprint density at radius 1 is 1.03 bits per heavy atom. The van der Waals surface area contributed by atoms with Gasteiger partial charge in [-0.15, -0.1) is 4.41 Å². The number of hydrazine groups is 1. The molecule has 2 fully saturated rings. The Labute approximate surface area is 199 Å². The number of carbonyl (C=O) groups excluding carboxylic acids is 2. The lowest BCUT2D eigenvalue weighted by Crippen LogP contribution is -2.61. The number of amides is 2. The van der Waals surface area contributed by atoms with Gasteiger partial charge in [-0.3, -0.25) is 9.59 Å². The van der Waals surface area contributed by atoms with Gasteiger partial charge in [0.25, 0.3) is 5.91 Å². The molecule has 0 radical (unpaired) electrons. The van der Waals surface area contributed by atoms with Gasteiger partial charge in [-0.25, -0.2) is 23.7 Å². The second-order valence-corrected chi connectivity index (χ2v) is 12.1. The molecule has 1 aliphatic carbocycles. The molecule has 2 aliphatic rings. The number of nitrogens with one attached hydrogen (secondary N) is 1. The number of hydrogen-bond donors (Lipinski definition) is 1. The van der Waals surface area contributed by atoms with Gasteiger partial charge in [0.1, 0.15) is 6.04 Å². The monoisotopic (exact) mass is 489 g/mol. The average molecular weight is 490 g/mol. The van der Waals surface area contributed by atoms with Gasteiger partial charge in [-0.2, -0.15) is 0 Å². The van der Waals surface area contributed by atoms with E-state index < -0.39 is 28.3 Å². The van der Waals surface area contributed by atoms with Crippen LogP contribution >= 0.6 is 0 Å². The molecule has 192 valence electrons. The molecular formula is C23H43N3O6S. The van der Waals surface area contributed by atoms with Gasteiger partial charge >= 0.3 is 0 Å². The smallest absolute Gasteiger partial charge is 0.268 e. The first-order valence-corrected chi connectivity index (χ1v) is 14.2. The summed E-state index contributed by atoms with van der Waals surface area (Å²) in [4.78, 5) is 32.5.